The summed E-state index contributed by atoms with van der Waals surface area (Å²) >= 11 is 1.58. The number of allylic oxidation sites excluding steroid dienone is 3. The average Bonchev–Trinajstić information content (AvgIpc) is 3.05. The van der Waals surface area contributed by atoms with E-state index in [0.29, 0.717) is 24.3 Å². The monoisotopic (exact) mass is 433 g/mol. The first-order valence-electron chi connectivity index (χ1n) is 10.6. The van der Waals surface area contributed by atoms with E-state index in [1.807, 2.05) is 48.6 Å². The third-order valence-electron chi connectivity index (χ3n) is 5.75. The van der Waals surface area contributed by atoms with Crippen molar-refractivity contribution < 1.29 is 9.53 Å². The Morgan fingerprint density at radius 1 is 1.13 bits per heavy atom. The first-order chi connectivity index (χ1) is 15.0. The molecule has 0 fully saturated rings. The number of nitrogens with zero attached hydrogens (tertiary/aromatic N) is 1. The lowest BCUT2D eigenvalue weighted by atomic mass is 10.1. The highest BCUT2D eigenvalue weighted by Crippen LogP contribution is 2.49. The smallest absolute Gasteiger partial charge is 0.226 e. The van der Waals surface area contributed by atoms with Crippen LogP contribution in [-0.2, 0) is 11.2 Å². The van der Waals surface area contributed by atoms with Gasteiger partial charge in [-0.25, -0.2) is 0 Å². The molecule has 0 bridgehead atoms. The van der Waals surface area contributed by atoms with E-state index in [9.17, 15) is 9.59 Å². The first-order valence-corrected chi connectivity index (χ1v) is 11.5. The van der Waals surface area contributed by atoms with Gasteiger partial charge < -0.3 is 9.64 Å². The molecule has 2 aromatic carbocycles. The van der Waals surface area contributed by atoms with Crippen LogP contribution in [0.15, 0.2) is 76.1 Å². The van der Waals surface area contributed by atoms with Crippen LogP contribution in [0.2, 0.25) is 0 Å². The zero-order valence-corrected chi connectivity index (χ0v) is 18.9. The van der Waals surface area contributed by atoms with Crippen molar-refractivity contribution in [2.75, 3.05) is 13.7 Å². The van der Waals surface area contributed by atoms with Crippen LogP contribution >= 0.6 is 11.8 Å². The maximum Gasteiger partial charge on any atom is 0.226 e. The molecule has 160 valence electrons. The number of carbonyl (C=O) groups excluding carboxylic acids is 1. The number of hydrogen-bond acceptors (Lipinski definition) is 5. The van der Waals surface area contributed by atoms with E-state index in [1.54, 1.807) is 11.8 Å². The highest BCUT2D eigenvalue weighted by molar-refractivity contribution is 8.03. The number of ketones is 1. The van der Waals surface area contributed by atoms with Gasteiger partial charge in [0.1, 0.15) is 5.37 Å². The molecule has 1 atom stereocenters. The van der Waals surface area contributed by atoms with E-state index in [4.69, 9.17) is 4.74 Å². The lowest BCUT2D eigenvalue weighted by Gasteiger charge is -2.28. The molecule has 2 aliphatic rings. The van der Waals surface area contributed by atoms with Gasteiger partial charge in [0.2, 0.25) is 5.43 Å². The molecular weight excluding hydrogens is 406 g/mol. The van der Waals surface area contributed by atoms with Gasteiger partial charge in [-0.05, 0) is 35.6 Å². The number of carbonyl (C=O) groups is 1. The summed E-state index contributed by atoms with van der Waals surface area (Å²) in [6.45, 7) is 4.86. The van der Waals surface area contributed by atoms with E-state index in [-0.39, 0.29) is 22.5 Å². The predicted molar refractivity (Wildman–Crippen MR) is 126 cm³/mol. The molecule has 1 aliphatic carbocycles. The van der Waals surface area contributed by atoms with Crippen LogP contribution in [0.3, 0.4) is 0 Å². The highest BCUT2D eigenvalue weighted by Gasteiger charge is 2.38. The summed E-state index contributed by atoms with van der Waals surface area (Å²) in [4.78, 5) is 29.3. The lowest BCUT2D eigenvalue weighted by Crippen LogP contribution is -2.31. The van der Waals surface area contributed by atoms with Crippen LogP contribution in [0.5, 0.6) is 5.75 Å². The van der Waals surface area contributed by atoms with Crippen LogP contribution in [0, 0.1) is 0 Å². The van der Waals surface area contributed by atoms with Crippen molar-refractivity contribution in [1.29, 1.82) is 0 Å². The van der Waals surface area contributed by atoms with E-state index >= 15 is 0 Å². The SMILES string of the molecule is COc1cc(C(C)C)ccc(C2SC3=C(C(=O)CC=C3)N2CCc2ccccc2)c1=O. The third-order valence-corrected chi connectivity index (χ3v) is 7.07. The van der Waals surface area contributed by atoms with Gasteiger partial charge in [-0.3, -0.25) is 9.59 Å². The Balaban J connectivity index is 1.76. The number of rotatable bonds is 6. The fraction of sp³-hybridized carbons (Fsp3) is 0.308. The van der Waals surface area contributed by atoms with Crippen LogP contribution in [0.4, 0.5) is 0 Å². The van der Waals surface area contributed by atoms with E-state index in [1.165, 1.54) is 12.7 Å². The molecule has 1 heterocycles. The van der Waals surface area contributed by atoms with Gasteiger partial charge in [-0.15, -0.1) is 0 Å². The molecule has 1 unspecified atom stereocenters. The second-order valence-corrected chi connectivity index (χ2v) is 9.25. The Hall–Kier alpha value is -2.79. The molecule has 5 heteroatoms. The second-order valence-electron chi connectivity index (χ2n) is 8.13. The predicted octanol–water partition coefficient (Wildman–Crippen LogP) is 5.21. The van der Waals surface area contributed by atoms with Gasteiger partial charge in [0.15, 0.2) is 11.5 Å². The molecular formula is C26H27NO3S. The average molecular weight is 434 g/mol. The second kappa shape index (κ2) is 9.15. The number of thioether (sulfide) groups is 1. The van der Waals surface area contributed by atoms with Crippen molar-refractivity contribution in [3.8, 4) is 5.75 Å². The topological polar surface area (TPSA) is 46.6 Å². The largest absolute Gasteiger partial charge is 0.493 e. The summed E-state index contributed by atoms with van der Waals surface area (Å²) in [5, 5.41) is -0.255. The van der Waals surface area contributed by atoms with E-state index < -0.39 is 0 Å². The molecule has 4 rings (SSSR count). The summed E-state index contributed by atoms with van der Waals surface area (Å²) in [6.07, 6.45) is 5.13. The molecule has 0 N–H and O–H groups in total. The Morgan fingerprint density at radius 2 is 1.90 bits per heavy atom. The van der Waals surface area contributed by atoms with Crippen molar-refractivity contribution in [3.05, 3.63) is 98.2 Å². The van der Waals surface area contributed by atoms with Gasteiger partial charge in [0.25, 0.3) is 0 Å². The number of hydrogen-bond donors (Lipinski definition) is 0. The molecule has 4 nitrogen and oxygen atoms in total. The molecule has 31 heavy (non-hydrogen) atoms. The van der Waals surface area contributed by atoms with Crippen LogP contribution in [0.1, 0.15) is 48.3 Å². The van der Waals surface area contributed by atoms with Crippen molar-refractivity contribution in [2.45, 2.75) is 38.0 Å². The van der Waals surface area contributed by atoms with Crippen molar-refractivity contribution in [3.63, 3.8) is 0 Å². The van der Waals surface area contributed by atoms with Gasteiger partial charge in [-0.1, -0.05) is 74.1 Å². The summed E-state index contributed by atoms with van der Waals surface area (Å²) in [5.41, 5.74) is 3.53. The minimum absolute atomic E-state index is 0.114. The fourth-order valence-electron chi connectivity index (χ4n) is 4.01. The van der Waals surface area contributed by atoms with E-state index in [0.717, 1.165) is 22.6 Å². The minimum Gasteiger partial charge on any atom is -0.493 e. The number of ether oxygens (including phenoxy) is 1. The zero-order valence-electron chi connectivity index (χ0n) is 18.1. The van der Waals surface area contributed by atoms with Crippen LogP contribution in [-0.4, -0.2) is 24.3 Å². The third kappa shape index (κ3) is 4.33. The van der Waals surface area contributed by atoms with Crippen LogP contribution in [0.25, 0.3) is 0 Å². The number of Topliss-reactive ketones (excluding diaryl/α,β-unsaturated/α-hetero) is 1. The molecule has 2 aromatic rings. The molecule has 0 radical (unpaired) electrons. The van der Waals surface area contributed by atoms with E-state index in [2.05, 4.69) is 30.9 Å². The minimum atomic E-state index is -0.255. The molecule has 0 saturated heterocycles. The molecule has 0 amide bonds. The van der Waals surface area contributed by atoms with Crippen molar-refractivity contribution >= 4 is 17.5 Å². The maximum atomic E-state index is 13.4. The Bertz CT molecular complexity index is 1110. The Labute approximate surface area is 187 Å². The van der Waals surface area contributed by atoms with Crippen LogP contribution < -0.4 is 10.2 Å². The molecule has 1 aliphatic heterocycles. The molecule has 0 spiro atoms. The number of methoxy groups -OCH3 is 1. The van der Waals surface area contributed by atoms with Crippen molar-refractivity contribution in [2.24, 2.45) is 0 Å². The summed E-state index contributed by atoms with van der Waals surface area (Å²) in [5.74, 6) is 0.733. The Morgan fingerprint density at radius 3 is 2.61 bits per heavy atom. The zero-order chi connectivity index (χ0) is 22.0. The lowest BCUT2D eigenvalue weighted by molar-refractivity contribution is -0.116. The quantitative estimate of drug-likeness (QED) is 0.626. The highest BCUT2D eigenvalue weighted by atomic mass is 32.2. The van der Waals surface area contributed by atoms with Gasteiger partial charge in [0, 0.05) is 23.4 Å². The standard InChI is InChI=1S/C26H27NO3S/c1-17(2)19-12-13-20(25(29)22(16-19)30-3)26-27(15-14-18-8-5-4-6-9-18)24-21(28)10-7-11-23(24)31-26/h4-9,11-13,16-17,26H,10,14-15H2,1-3H3. The summed E-state index contributed by atoms with van der Waals surface area (Å²) in [7, 11) is 1.54. The first kappa shape index (κ1) is 21.4. The van der Waals surface area contributed by atoms with Gasteiger partial charge in [-0.2, -0.15) is 0 Å². The molecule has 0 saturated carbocycles. The van der Waals surface area contributed by atoms with Gasteiger partial charge >= 0.3 is 0 Å². The summed E-state index contributed by atoms with van der Waals surface area (Å²) in [6, 6.07) is 16.0. The maximum absolute atomic E-state index is 13.4. The van der Waals surface area contributed by atoms with Crippen molar-refractivity contribution in [1.82, 2.24) is 4.90 Å². The fourth-order valence-corrected chi connectivity index (χ4v) is 5.42. The summed E-state index contributed by atoms with van der Waals surface area (Å²) < 4.78 is 5.47. The molecule has 0 aromatic heterocycles. The Kier molecular flexibility index (Phi) is 6.33. The van der Waals surface area contributed by atoms with Gasteiger partial charge in [0.05, 0.1) is 12.8 Å². The number of benzene rings is 1. The normalized spacial score (nSPS) is 18.0.